The van der Waals surface area contributed by atoms with Gasteiger partial charge in [0, 0.05) is 5.41 Å². The second kappa shape index (κ2) is 6.34. The van der Waals surface area contributed by atoms with Crippen LogP contribution in [0.25, 0.3) is 0 Å². The maximum atomic E-state index is 5.79. The van der Waals surface area contributed by atoms with E-state index in [4.69, 9.17) is 9.47 Å². The van der Waals surface area contributed by atoms with Crippen LogP contribution in [0.3, 0.4) is 0 Å². The van der Waals surface area contributed by atoms with Gasteiger partial charge < -0.3 is 9.47 Å². The van der Waals surface area contributed by atoms with Gasteiger partial charge in [0.1, 0.15) is 11.5 Å². The highest BCUT2D eigenvalue weighted by molar-refractivity contribution is 9.11. The first-order valence-corrected chi connectivity index (χ1v) is 7.38. The van der Waals surface area contributed by atoms with Crippen molar-refractivity contribution in [3.63, 3.8) is 0 Å². The third kappa shape index (κ3) is 4.38. The average molecular weight is 384 g/mol. The predicted octanol–water partition coefficient (Wildman–Crippen LogP) is 4.56. The van der Waals surface area contributed by atoms with Crippen molar-refractivity contribution in [3.05, 3.63) is 21.1 Å². The van der Waals surface area contributed by atoms with Crippen molar-refractivity contribution in [2.75, 3.05) is 19.5 Å². The Labute approximate surface area is 125 Å². The number of ether oxygens (including phenoxy) is 2. The quantitative estimate of drug-likeness (QED) is 0.751. The maximum Gasteiger partial charge on any atom is 0.134 e. The monoisotopic (exact) mass is 382 g/mol. The molecule has 0 bridgehead atoms. The van der Waals surface area contributed by atoms with E-state index in [-0.39, 0.29) is 5.41 Å². The summed E-state index contributed by atoms with van der Waals surface area (Å²) in [6.07, 6.45) is 0. The van der Waals surface area contributed by atoms with Crippen molar-refractivity contribution in [1.29, 1.82) is 0 Å². The van der Waals surface area contributed by atoms with Gasteiger partial charge in [-0.15, -0.1) is 0 Å². The molecule has 1 rings (SSSR count). The van der Waals surface area contributed by atoms with E-state index in [1.807, 2.05) is 12.1 Å². The Morgan fingerprint density at radius 3 is 2.24 bits per heavy atom. The van der Waals surface area contributed by atoms with Crippen LogP contribution in [-0.2, 0) is 0 Å². The van der Waals surface area contributed by atoms with E-state index in [2.05, 4.69) is 58.3 Å². The fourth-order valence-corrected chi connectivity index (χ4v) is 2.11. The minimum absolute atomic E-state index is 0.0506. The number of hydrogen-bond acceptors (Lipinski definition) is 3. The van der Waals surface area contributed by atoms with Gasteiger partial charge in [0.05, 0.1) is 22.7 Å². The molecular weight excluding hydrogens is 368 g/mol. The number of halogens is 2. The van der Waals surface area contributed by atoms with Crippen LogP contribution in [0.15, 0.2) is 21.1 Å². The van der Waals surface area contributed by atoms with Gasteiger partial charge in [-0.25, -0.2) is 0 Å². The summed E-state index contributed by atoms with van der Waals surface area (Å²) in [7, 11) is 1.64. The van der Waals surface area contributed by atoms with Gasteiger partial charge in [0.25, 0.3) is 0 Å². The number of rotatable bonds is 5. The van der Waals surface area contributed by atoms with Crippen LogP contribution >= 0.6 is 44.5 Å². The van der Waals surface area contributed by atoms with Crippen LogP contribution in [0, 0.1) is 5.41 Å². The zero-order chi connectivity index (χ0) is 13.1. The van der Waals surface area contributed by atoms with E-state index >= 15 is 0 Å². The lowest BCUT2D eigenvalue weighted by Gasteiger charge is -2.22. The SMILES string of the molecule is COc1cc(Br)c(OCC(C)(C)CS)cc1Br. The molecule has 0 spiro atoms. The standard InChI is InChI=1S/C12H16Br2O2S/c1-12(2,7-17)6-16-11-5-8(13)10(15-3)4-9(11)14/h4-5,17H,6-7H2,1-3H3. The Hall–Kier alpha value is 0.130. The van der Waals surface area contributed by atoms with Crippen molar-refractivity contribution < 1.29 is 9.47 Å². The van der Waals surface area contributed by atoms with Crippen LogP contribution in [0.5, 0.6) is 11.5 Å². The molecule has 0 N–H and O–H groups in total. The molecule has 0 saturated heterocycles. The van der Waals surface area contributed by atoms with Gasteiger partial charge in [-0.05, 0) is 49.7 Å². The van der Waals surface area contributed by atoms with Gasteiger partial charge in [0.15, 0.2) is 0 Å². The summed E-state index contributed by atoms with van der Waals surface area (Å²) in [5.74, 6) is 2.35. The maximum absolute atomic E-state index is 5.79. The minimum atomic E-state index is 0.0506. The Bertz CT molecular complexity index is 394. The van der Waals surface area contributed by atoms with Crippen LogP contribution in [0.4, 0.5) is 0 Å². The summed E-state index contributed by atoms with van der Waals surface area (Å²) >= 11 is 11.2. The number of hydrogen-bond donors (Lipinski definition) is 1. The Balaban J connectivity index is 2.82. The van der Waals surface area contributed by atoms with Gasteiger partial charge in [-0.2, -0.15) is 12.6 Å². The lowest BCUT2D eigenvalue weighted by Crippen LogP contribution is -2.23. The van der Waals surface area contributed by atoms with E-state index in [0.29, 0.717) is 6.61 Å². The van der Waals surface area contributed by atoms with E-state index in [9.17, 15) is 0 Å². The van der Waals surface area contributed by atoms with E-state index in [1.165, 1.54) is 0 Å². The highest BCUT2D eigenvalue weighted by atomic mass is 79.9. The molecule has 5 heteroatoms. The van der Waals surface area contributed by atoms with Crippen molar-refractivity contribution >= 4 is 44.5 Å². The van der Waals surface area contributed by atoms with Crippen LogP contribution < -0.4 is 9.47 Å². The van der Waals surface area contributed by atoms with Gasteiger partial charge in [0.2, 0.25) is 0 Å². The number of thiol groups is 1. The second-order valence-electron chi connectivity index (χ2n) is 4.53. The third-order valence-electron chi connectivity index (χ3n) is 2.25. The first-order valence-electron chi connectivity index (χ1n) is 5.16. The largest absolute Gasteiger partial charge is 0.496 e. The summed E-state index contributed by atoms with van der Waals surface area (Å²) in [6, 6.07) is 3.78. The van der Waals surface area contributed by atoms with Crippen molar-refractivity contribution in [1.82, 2.24) is 0 Å². The molecule has 1 aromatic rings. The van der Waals surface area contributed by atoms with Crippen molar-refractivity contribution in [2.45, 2.75) is 13.8 Å². The molecule has 0 aliphatic rings. The summed E-state index contributed by atoms with van der Waals surface area (Å²) in [6.45, 7) is 4.85. The van der Waals surface area contributed by atoms with Gasteiger partial charge in [-0.3, -0.25) is 0 Å². The first kappa shape index (κ1) is 15.2. The fourth-order valence-electron chi connectivity index (χ4n) is 1.10. The zero-order valence-corrected chi connectivity index (χ0v) is 14.2. The van der Waals surface area contributed by atoms with E-state index in [0.717, 1.165) is 26.2 Å². The highest BCUT2D eigenvalue weighted by Gasteiger charge is 2.18. The highest BCUT2D eigenvalue weighted by Crippen LogP contribution is 2.36. The second-order valence-corrected chi connectivity index (χ2v) is 6.55. The molecule has 17 heavy (non-hydrogen) atoms. The third-order valence-corrected chi connectivity index (χ3v) is 4.35. The lowest BCUT2D eigenvalue weighted by molar-refractivity contribution is 0.201. The first-order chi connectivity index (χ1) is 7.89. The summed E-state index contributed by atoms with van der Waals surface area (Å²) in [5.41, 5.74) is 0.0506. The predicted molar refractivity (Wildman–Crippen MR) is 81.5 cm³/mol. The summed E-state index contributed by atoms with van der Waals surface area (Å²) in [4.78, 5) is 0. The van der Waals surface area contributed by atoms with Crippen LogP contribution in [-0.4, -0.2) is 19.5 Å². The molecule has 1 aromatic carbocycles. The van der Waals surface area contributed by atoms with Crippen molar-refractivity contribution in [3.8, 4) is 11.5 Å². The lowest BCUT2D eigenvalue weighted by atomic mass is 9.98. The molecule has 0 radical (unpaired) electrons. The molecule has 0 amide bonds. The average Bonchev–Trinajstić information content (AvgIpc) is 2.29. The Morgan fingerprint density at radius 1 is 1.18 bits per heavy atom. The van der Waals surface area contributed by atoms with Gasteiger partial charge in [-0.1, -0.05) is 13.8 Å². The van der Waals surface area contributed by atoms with E-state index in [1.54, 1.807) is 7.11 Å². The topological polar surface area (TPSA) is 18.5 Å². The van der Waals surface area contributed by atoms with E-state index < -0.39 is 0 Å². The normalized spacial score (nSPS) is 11.4. The molecule has 0 saturated carbocycles. The molecular formula is C12H16Br2O2S. The molecule has 2 nitrogen and oxygen atoms in total. The van der Waals surface area contributed by atoms with Crippen LogP contribution in [0.2, 0.25) is 0 Å². The van der Waals surface area contributed by atoms with Crippen molar-refractivity contribution in [2.24, 2.45) is 5.41 Å². The Morgan fingerprint density at radius 2 is 1.71 bits per heavy atom. The molecule has 0 aromatic heterocycles. The molecule has 96 valence electrons. The van der Waals surface area contributed by atoms with Crippen LogP contribution in [0.1, 0.15) is 13.8 Å². The van der Waals surface area contributed by atoms with Gasteiger partial charge >= 0.3 is 0 Å². The molecule has 0 unspecified atom stereocenters. The summed E-state index contributed by atoms with van der Waals surface area (Å²) < 4.78 is 12.8. The number of methoxy groups -OCH3 is 1. The number of benzene rings is 1. The summed E-state index contributed by atoms with van der Waals surface area (Å²) in [5, 5.41) is 0. The Kier molecular flexibility index (Phi) is 5.67. The molecule has 0 aliphatic carbocycles. The minimum Gasteiger partial charge on any atom is -0.496 e. The molecule has 0 aliphatic heterocycles. The molecule has 0 fully saturated rings. The zero-order valence-electron chi connectivity index (χ0n) is 10.1. The molecule has 0 atom stereocenters. The molecule has 0 heterocycles. The smallest absolute Gasteiger partial charge is 0.134 e. The fraction of sp³-hybridized carbons (Fsp3) is 0.500.